The van der Waals surface area contributed by atoms with Gasteiger partial charge in [0.1, 0.15) is 16.1 Å². The highest BCUT2D eigenvalue weighted by atomic mass is 35.5. The first-order valence-corrected chi connectivity index (χ1v) is 9.04. The molecular formula is C19H18Cl2N4O3. The van der Waals surface area contributed by atoms with Crippen LogP contribution in [0.2, 0.25) is 10.3 Å². The van der Waals surface area contributed by atoms with E-state index in [0.717, 1.165) is 11.1 Å². The lowest BCUT2D eigenvalue weighted by atomic mass is 10.2. The van der Waals surface area contributed by atoms with Gasteiger partial charge in [0, 0.05) is 11.1 Å². The van der Waals surface area contributed by atoms with Crippen molar-refractivity contribution in [3.8, 4) is 11.5 Å². The summed E-state index contributed by atoms with van der Waals surface area (Å²) >= 11 is 11.8. The predicted octanol–water partition coefficient (Wildman–Crippen LogP) is 4.21. The summed E-state index contributed by atoms with van der Waals surface area (Å²) in [6.45, 7) is 2.29. The number of carbonyl (C=O) groups excluding carboxylic acids is 1. The van der Waals surface area contributed by atoms with Crippen molar-refractivity contribution >= 4 is 34.9 Å². The summed E-state index contributed by atoms with van der Waals surface area (Å²) in [7, 11) is 3.16. The van der Waals surface area contributed by atoms with Gasteiger partial charge in [0.25, 0.3) is 5.91 Å². The van der Waals surface area contributed by atoms with Gasteiger partial charge in [-0.15, -0.1) is 0 Å². The van der Waals surface area contributed by atoms with Crippen LogP contribution in [-0.2, 0) is 6.54 Å². The molecule has 1 amide bonds. The minimum absolute atomic E-state index is 0.146. The number of methoxy groups -OCH3 is 2. The summed E-state index contributed by atoms with van der Waals surface area (Å²) in [5, 5.41) is 7.51. The third-order valence-corrected chi connectivity index (χ3v) is 4.45. The Kier molecular flexibility index (Phi) is 6.06. The standard InChI is InChI=1S/C19H18Cl2N4O3/c1-11-9-22-25(10-12-4-5-14(27-2)15(6-12)28-3)18(11)24-19(26)13-7-16(20)23-17(21)8-13/h4-9H,10H2,1-3H3,(H,24,26). The monoisotopic (exact) mass is 420 g/mol. The Hall–Kier alpha value is -2.77. The van der Waals surface area contributed by atoms with Gasteiger partial charge in [-0.05, 0) is 36.8 Å². The Morgan fingerprint density at radius 2 is 1.79 bits per heavy atom. The number of rotatable bonds is 6. The number of pyridine rings is 1. The number of hydrogen-bond donors (Lipinski definition) is 1. The molecule has 0 aliphatic rings. The maximum Gasteiger partial charge on any atom is 0.257 e. The number of nitrogens with zero attached hydrogens (tertiary/aromatic N) is 3. The average Bonchev–Trinajstić information content (AvgIpc) is 3.00. The van der Waals surface area contributed by atoms with Crippen LogP contribution >= 0.6 is 23.2 Å². The second-order valence-corrected chi connectivity index (χ2v) is 6.75. The Balaban J connectivity index is 1.85. The lowest BCUT2D eigenvalue weighted by Crippen LogP contribution is -2.17. The highest BCUT2D eigenvalue weighted by molar-refractivity contribution is 6.33. The van der Waals surface area contributed by atoms with Gasteiger partial charge < -0.3 is 14.8 Å². The van der Waals surface area contributed by atoms with Gasteiger partial charge in [-0.25, -0.2) is 9.67 Å². The highest BCUT2D eigenvalue weighted by Crippen LogP contribution is 2.28. The quantitative estimate of drug-likeness (QED) is 0.604. The topological polar surface area (TPSA) is 78.3 Å². The molecule has 0 aliphatic carbocycles. The number of amides is 1. The van der Waals surface area contributed by atoms with Crippen molar-refractivity contribution in [3.05, 3.63) is 63.5 Å². The van der Waals surface area contributed by atoms with Crippen LogP contribution in [0.1, 0.15) is 21.5 Å². The summed E-state index contributed by atoms with van der Waals surface area (Å²) in [6, 6.07) is 8.50. The van der Waals surface area contributed by atoms with E-state index < -0.39 is 0 Å². The number of aryl methyl sites for hydroxylation is 1. The van der Waals surface area contributed by atoms with Crippen molar-refractivity contribution in [1.29, 1.82) is 0 Å². The van der Waals surface area contributed by atoms with Crippen LogP contribution in [0.5, 0.6) is 11.5 Å². The normalized spacial score (nSPS) is 10.6. The molecule has 9 heteroatoms. The third kappa shape index (κ3) is 4.37. The maximum absolute atomic E-state index is 12.6. The van der Waals surface area contributed by atoms with Gasteiger partial charge in [0.2, 0.25) is 0 Å². The minimum Gasteiger partial charge on any atom is -0.493 e. The lowest BCUT2D eigenvalue weighted by Gasteiger charge is -2.13. The minimum atomic E-state index is -0.358. The number of aromatic nitrogens is 3. The van der Waals surface area contributed by atoms with Crippen molar-refractivity contribution in [2.75, 3.05) is 19.5 Å². The number of ether oxygens (including phenoxy) is 2. The van der Waals surface area contributed by atoms with Gasteiger partial charge in [-0.3, -0.25) is 4.79 Å². The predicted molar refractivity (Wildman–Crippen MR) is 108 cm³/mol. The van der Waals surface area contributed by atoms with Crippen LogP contribution in [-0.4, -0.2) is 34.9 Å². The van der Waals surface area contributed by atoms with E-state index in [1.165, 1.54) is 12.1 Å². The van der Waals surface area contributed by atoms with Crippen LogP contribution in [0.4, 0.5) is 5.82 Å². The Morgan fingerprint density at radius 1 is 1.11 bits per heavy atom. The summed E-state index contributed by atoms with van der Waals surface area (Å²) in [4.78, 5) is 16.5. The second-order valence-electron chi connectivity index (χ2n) is 5.98. The van der Waals surface area contributed by atoms with E-state index in [0.29, 0.717) is 29.4 Å². The van der Waals surface area contributed by atoms with Crippen molar-refractivity contribution in [1.82, 2.24) is 14.8 Å². The number of benzene rings is 1. The van der Waals surface area contributed by atoms with Gasteiger partial charge in [-0.2, -0.15) is 5.10 Å². The van der Waals surface area contributed by atoms with Crippen LogP contribution in [0.3, 0.4) is 0 Å². The van der Waals surface area contributed by atoms with Crippen LogP contribution < -0.4 is 14.8 Å². The molecule has 0 saturated carbocycles. The molecule has 7 nitrogen and oxygen atoms in total. The third-order valence-electron chi connectivity index (χ3n) is 4.06. The van der Waals surface area contributed by atoms with Crippen molar-refractivity contribution in [2.24, 2.45) is 0 Å². The summed E-state index contributed by atoms with van der Waals surface area (Å²) in [6.07, 6.45) is 1.68. The number of nitrogens with one attached hydrogen (secondary N) is 1. The average molecular weight is 421 g/mol. The molecule has 3 rings (SSSR count). The Labute approximate surface area is 172 Å². The maximum atomic E-state index is 12.6. The first kappa shape index (κ1) is 20.0. The molecule has 3 aromatic rings. The van der Waals surface area contributed by atoms with Crippen LogP contribution in [0.15, 0.2) is 36.5 Å². The van der Waals surface area contributed by atoms with Crippen molar-refractivity contribution in [3.63, 3.8) is 0 Å². The SMILES string of the molecule is COc1ccc(Cn2ncc(C)c2NC(=O)c2cc(Cl)nc(Cl)c2)cc1OC. The van der Waals surface area contributed by atoms with Crippen LogP contribution in [0.25, 0.3) is 0 Å². The molecular weight excluding hydrogens is 403 g/mol. The van der Waals surface area contributed by atoms with Crippen molar-refractivity contribution in [2.45, 2.75) is 13.5 Å². The molecule has 0 bridgehead atoms. The fourth-order valence-electron chi connectivity index (χ4n) is 2.69. The van der Waals surface area contributed by atoms with Crippen LogP contribution in [0, 0.1) is 6.92 Å². The molecule has 1 aromatic carbocycles. The molecule has 0 aliphatic heterocycles. The molecule has 0 radical (unpaired) electrons. The Bertz CT molecular complexity index is 1000. The highest BCUT2D eigenvalue weighted by Gasteiger charge is 2.15. The molecule has 0 atom stereocenters. The van der Waals surface area contributed by atoms with Gasteiger partial charge >= 0.3 is 0 Å². The first-order valence-electron chi connectivity index (χ1n) is 8.29. The summed E-state index contributed by atoms with van der Waals surface area (Å²) in [5.74, 6) is 1.48. The molecule has 1 N–H and O–H groups in total. The second kappa shape index (κ2) is 8.50. The molecule has 146 valence electrons. The van der Waals surface area contributed by atoms with Gasteiger partial charge in [0.05, 0.1) is 27.0 Å². The zero-order valence-corrected chi connectivity index (χ0v) is 17.0. The zero-order valence-electron chi connectivity index (χ0n) is 15.5. The van der Waals surface area contributed by atoms with Gasteiger partial charge in [-0.1, -0.05) is 29.3 Å². The zero-order chi connectivity index (χ0) is 20.3. The number of halogens is 2. The number of carbonyl (C=O) groups is 1. The van der Waals surface area contributed by atoms with E-state index in [2.05, 4.69) is 15.4 Å². The molecule has 2 heterocycles. The van der Waals surface area contributed by atoms with Gasteiger partial charge in [0.15, 0.2) is 11.5 Å². The summed E-state index contributed by atoms with van der Waals surface area (Å²) < 4.78 is 12.3. The first-order chi connectivity index (χ1) is 13.4. The van der Waals surface area contributed by atoms with E-state index in [4.69, 9.17) is 32.7 Å². The van der Waals surface area contributed by atoms with E-state index in [-0.39, 0.29) is 16.2 Å². The van der Waals surface area contributed by atoms with Crippen molar-refractivity contribution < 1.29 is 14.3 Å². The molecule has 28 heavy (non-hydrogen) atoms. The van der Waals surface area contributed by atoms with E-state index in [9.17, 15) is 4.79 Å². The fourth-order valence-corrected chi connectivity index (χ4v) is 3.15. The van der Waals surface area contributed by atoms with E-state index >= 15 is 0 Å². The summed E-state index contributed by atoms with van der Waals surface area (Å²) in [5.41, 5.74) is 2.06. The molecule has 0 unspecified atom stereocenters. The lowest BCUT2D eigenvalue weighted by molar-refractivity contribution is 0.102. The number of hydrogen-bond acceptors (Lipinski definition) is 5. The van der Waals surface area contributed by atoms with E-state index in [1.807, 2.05) is 25.1 Å². The Morgan fingerprint density at radius 3 is 2.43 bits per heavy atom. The molecule has 2 aromatic heterocycles. The smallest absolute Gasteiger partial charge is 0.257 e. The largest absolute Gasteiger partial charge is 0.493 e. The molecule has 0 saturated heterocycles. The number of anilines is 1. The molecule has 0 fully saturated rings. The van der Waals surface area contributed by atoms with E-state index in [1.54, 1.807) is 25.1 Å². The fraction of sp³-hybridized carbons (Fsp3) is 0.211. The molecule has 0 spiro atoms.